The molecule has 0 amide bonds. The molecular formula is C11H7FIN3O3. The molecule has 0 radical (unpaired) electrons. The lowest BCUT2D eigenvalue weighted by molar-refractivity contribution is 0.0696. The zero-order valence-electron chi connectivity index (χ0n) is 9.30. The first kappa shape index (κ1) is 13.5. The number of rotatable bonds is 2. The number of nitrogen functional groups attached to an aromatic ring is 1. The largest absolute Gasteiger partial charge is 0.478 e. The van der Waals surface area contributed by atoms with E-state index in [1.807, 2.05) is 22.6 Å². The first-order valence-corrected chi connectivity index (χ1v) is 6.05. The lowest BCUT2D eigenvalue weighted by atomic mass is 10.1. The highest BCUT2D eigenvalue weighted by atomic mass is 127. The van der Waals surface area contributed by atoms with Crippen LogP contribution in [0.2, 0.25) is 0 Å². The van der Waals surface area contributed by atoms with Crippen LogP contribution in [0, 0.1) is 9.39 Å². The van der Waals surface area contributed by atoms with E-state index in [0.717, 1.165) is 6.20 Å². The van der Waals surface area contributed by atoms with Crippen LogP contribution in [-0.2, 0) is 0 Å². The van der Waals surface area contributed by atoms with E-state index in [-0.39, 0.29) is 16.8 Å². The Morgan fingerprint density at radius 1 is 1.47 bits per heavy atom. The number of hydrogen-bond acceptors (Lipinski definition) is 4. The smallest absolute Gasteiger partial charge is 0.366 e. The second-order valence-corrected chi connectivity index (χ2v) is 4.85. The number of nitrogens with zero attached hydrogens (tertiary/aromatic N) is 2. The lowest BCUT2D eigenvalue weighted by Gasteiger charge is -2.11. The summed E-state index contributed by atoms with van der Waals surface area (Å²) in [5, 5.41) is 9.05. The molecule has 0 atom stereocenters. The summed E-state index contributed by atoms with van der Waals surface area (Å²) in [7, 11) is 0. The number of aromatic nitrogens is 2. The Balaban J connectivity index is 2.84. The molecule has 0 fully saturated rings. The van der Waals surface area contributed by atoms with Crippen molar-refractivity contribution in [3.8, 4) is 11.3 Å². The van der Waals surface area contributed by atoms with E-state index in [2.05, 4.69) is 4.98 Å². The average molecular weight is 375 g/mol. The normalized spacial score (nSPS) is 10.4. The molecule has 6 nitrogen and oxygen atoms in total. The third kappa shape index (κ3) is 2.43. The number of carboxylic acids is 1. The summed E-state index contributed by atoms with van der Waals surface area (Å²) in [6.45, 7) is 0. The van der Waals surface area contributed by atoms with E-state index in [0.29, 0.717) is 8.25 Å². The summed E-state index contributed by atoms with van der Waals surface area (Å²) in [4.78, 5) is 25.8. The molecule has 0 unspecified atom stereocenters. The maximum atomic E-state index is 13.9. The molecule has 0 bridgehead atoms. The van der Waals surface area contributed by atoms with Gasteiger partial charge in [0.2, 0.25) is 0 Å². The molecule has 0 aliphatic carbocycles. The highest BCUT2D eigenvalue weighted by Crippen LogP contribution is 2.25. The van der Waals surface area contributed by atoms with Crippen LogP contribution in [0.1, 0.15) is 10.4 Å². The predicted molar refractivity (Wildman–Crippen MR) is 73.7 cm³/mol. The van der Waals surface area contributed by atoms with Gasteiger partial charge in [0.25, 0.3) is 0 Å². The van der Waals surface area contributed by atoms with E-state index in [9.17, 15) is 14.0 Å². The standard InChI is InChI=1S/C11H7FIN3O3/c12-8-3-5(13)1-2-6(8)9-7(10(17)18)4-15-11(19)16(9)14/h1-4H,14H2,(H,17,18). The van der Waals surface area contributed by atoms with Crippen molar-refractivity contribution < 1.29 is 14.3 Å². The molecule has 1 heterocycles. The zero-order valence-corrected chi connectivity index (χ0v) is 11.5. The van der Waals surface area contributed by atoms with Gasteiger partial charge in [0.15, 0.2) is 0 Å². The fourth-order valence-corrected chi connectivity index (χ4v) is 2.03. The highest BCUT2D eigenvalue weighted by Gasteiger charge is 2.19. The van der Waals surface area contributed by atoms with Gasteiger partial charge in [-0.05, 0) is 40.8 Å². The molecule has 8 heteroatoms. The van der Waals surface area contributed by atoms with E-state index in [1.165, 1.54) is 12.1 Å². The summed E-state index contributed by atoms with van der Waals surface area (Å²) < 4.78 is 15.1. The Bertz CT molecular complexity index is 730. The van der Waals surface area contributed by atoms with Gasteiger partial charge in [-0.3, -0.25) is 0 Å². The summed E-state index contributed by atoms with van der Waals surface area (Å²) in [6.07, 6.45) is 0.862. The van der Waals surface area contributed by atoms with Crippen molar-refractivity contribution in [3.63, 3.8) is 0 Å². The minimum atomic E-state index is -1.35. The molecule has 2 rings (SSSR count). The quantitative estimate of drug-likeness (QED) is 0.605. The average Bonchev–Trinajstić information content (AvgIpc) is 2.33. The van der Waals surface area contributed by atoms with Gasteiger partial charge in [-0.25, -0.2) is 18.7 Å². The van der Waals surface area contributed by atoms with Crippen molar-refractivity contribution in [3.05, 3.63) is 49.8 Å². The van der Waals surface area contributed by atoms with Crippen molar-refractivity contribution >= 4 is 28.6 Å². The van der Waals surface area contributed by atoms with Crippen molar-refractivity contribution in [2.24, 2.45) is 0 Å². The minimum Gasteiger partial charge on any atom is -0.478 e. The fraction of sp³-hybridized carbons (Fsp3) is 0. The highest BCUT2D eigenvalue weighted by molar-refractivity contribution is 14.1. The van der Waals surface area contributed by atoms with Crippen molar-refractivity contribution in [1.29, 1.82) is 0 Å². The molecule has 2 aromatic rings. The number of aromatic carboxylic acids is 1. The molecule has 0 saturated carbocycles. The molecule has 19 heavy (non-hydrogen) atoms. The van der Waals surface area contributed by atoms with Crippen LogP contribution >= 0.6 is 22.6 Å². The SMILES string of the molecule is Nn1c(-c2ccc(I)cc2F)c(C(=O)O)cnc1=O. The van der Waals surface area contributed by atoms with Gasteiger partial charge >= 0.3 is 11.7 Å². The summed E-state index contributed by atoms with van der Waals surface area (Å²) in [5.74, 6) is 3.46. The number of carbonyl (C=O) groups is 1. The Kier molecular flexibility index (Phi) is 3.51. The second kappa shape index (κ2) is 4.96. The Morgan fingerprint density at radius 3 is 2.74 bits per heavy atom. The number of halogens is 2. The molecule has 0 spiro atoms. The van der Waals surface area contributed by atoms with Crippen LogP contribution in [0.5, 0.6) is 0 Å². The summed E-state index contributed by atoms with van der Waals surface area (Å²) in [5.41, 5.74) is -1.50. The van der Waals surface area contributed by atoms with Crippen LogP contribution in [0.15, 0.2) is 29.2 Å². The molecule has 1 aromatic carbocycles. The second-order valence-electron chi connectivity index (χ2n) is 3.60. The van der Waals surface area contributed by atoms with Gasteiger partial charge in [-0.2, -0.15) is 4.98 Å². The van der Waals surface area contributed by atoms with Crippen molar-refractivity contribution in [2.75, 3.05) is 5.84 Å². The topological polar surface area (TPSA) is 98.2 Å². The summed E-state index contributed by atoms with van der Waals surface area (Å²) in [6, 6.07) is 4.16. The molecule has 98 valence electrons. The Labute approximate surface area is 119 Å². The van der Waals surface area contributed by atoms with Gasteiger partial charge < -0.3 is 10.9 Å². The van der Waals surface area contributed by atoms with Gasteiger partial charge in [-0.1, -0.05) is 0 Å². The molecule has 3 N–H and O–H groups in total. The van der Waals surface area contributed by atoms with E-state index < -0.39 is 17.5 Å². The first-order chi connectivity index (χ1) is 8.91. The van der Waals surface area contributed by atoms with Crippen LogP contribution in [0.3, 0.4) is 0 Å². The van der Waals surface area contributed by atoms with E-state index in [1.54, 1.807) is 6.07 Å². The third-order valence-corrected chi connectivity index (χ3v) is 3.09. The molecule has 1 aromatic heterocycles. The minimum absolute atomic E-state index is 0.0696. The molecular weight excluding hydrogens is 368 g/mol. The van der Waals surface area contributed by atoms with Crippen LogP contribution < -0.4 is 11.5 Å². The van der Waals surface area contributed by atoms with Crippen LogP contribution in [-0.4, -0.2) is 20.7 Å². The number of carboxylic acid groups (broad SMARTS) is 1. The third-order valence-electron chi connectivity index (χ3n) is 2.42. The molecule has 0 saturated heterocycles. The lowest BCUT2D eigenvalue weighted by Crippen LogP contribution is -2.32. The van der Waals surface area contributed by atoms with Gasteiger partial charge in [0.05, 0.1) is 5.69 Å². The predicted octanol–water partition coefficient (Wildman–Crippen LogP) is 1.07. The van der Waals surface area contributed by atoms with Gasteiger partial charge in [-0.15, -0.1) is 0 Å². The number of hydrogen-bond donors (Lipinski definition) is 2. The Hall–Kier alpha value is -1.97. The Morgan fingerprint density at radius 2 is 2.16 bits per heavy atom. The maximum absolute atomic E-state index is 13.9. The molecule has 0 aliphatic heterocycles. The number of nitrogens with two attached hydrogens (primary N) is 1. The van der Waals surface area contributed by atoms with Crippen molar-refractivity contribution in [2.45, 2.75) is 0 Å². The van der Waals surface area contributed by atoms with Crippen molar-refractivity contribution in [1.82, 2.24) is 9.66 Å². The summed E-state index contributed by atoms with van der Waals surface area (Å²) >= 11 is 1.91. The number of benzene rings is 1. The van der Waals surface area contributed by atoms with Gasteiger partial charge in [0, 0.05) is 15.3 Å². The van der Waals surface area contributed by atoms with Gasteiger partial charge in [0.1, 0.15) is 11.4 Å². The molecule has 0 aliphatic rings. The maximum Gasteiger partial charge on any atom is 0.366 e. The van der Waals surface area contributed by atoms with E-state index >= 15 is 0 Å². The first-order valence-electron chi connectivity index (χ1n) is 4.97. The monoisotopic (exact) mass is 375 g/mol. The van der Waals surface area contributed by atoms with Crippen LogP contribution in [0.25, 0.3) is 11.3 Å². The fourth-order valence-electron chi connectivity index (χ4n) is 1.58. The van der Waals surface area contributed by atoms with Crippen LogP contribution in [0.4, 0.5) is 4.39 Å². The van der Waals surface area contributed by atoms with E-state index in [4.69, 9.17) is 10.9 Å². The zero-order chi connectivity index (χ0) is 14.2.